The summed E-state index contributed by atoms with van der Waals surface area (Å²) in [6, 6.07) is 7.52. The Balaban J connectivity index is 2.31. The van der Waals surface area contributed by atoms with E-state index in [1.165, 1.54) is 6.33 Å². The van der Waals surface area contributed by atoms with Crippen molar-refractivity contribution in [1.82, 2.24) is 9.97 Å². The number of rotatable bonds is 2. The van der Waals surface area contributed by atoms with Gasteiger partial charge in [-0.15, -0.1) is 0 Å². The zero-order chi connectivity index (χ0) is 11.5. The SMILES string of the molecule is Cc1c(Cl)cccc1Nc1cc(Br)ncn1. The number of aromatic nitrogens is 2. The molecule has 0 aliphatic heterocycles. The molecule has 0 unspecified atom stereocenters. The van der Waals surface area contributed by atoms with Crippen molar-refractivity contribution >= 4 is 39.0 Å². The van der Waals surface area contributed by atoms with E-state index in [0.717, 1.165) is 26.7 Å². The number of halogens is 2. The molecule has 16 heavy (non-hydrogen) atoms. The van der Waals surface area contributed by atoms with Crippen molar-refractivity contribution in [3.63, 3.8) is 0 Å². The van der Waals surface area contributed by atoms with Crippen LogP contribution in [0.5, 0.6) is 0 Å². The van der Waals surface area contributed by atoms with Crippen LogP contribution < -0.4 is 5.32 Å². The van der Waals surface area contributed by atoms with E-state index in [4.69, 9.17) is 11.6 Å². The lowest BCUT2D eigenvalue weighted by Crippen LogP contribution is -1.96. The maximum atomic E-state index is 6.03. The van der Waals surface area contributed by atoms with Crippen LogP contribution in [0.25, 0.3) is 0 Å². The van der Waals surface area contributed by atoms with Crippen LogP contribution in [-0.2, 0) is 0 Å². The van der Waals surface area contributed by atoms with Gasteiger partial charge in [0.1, 0.15) is 16.7 Å². The lowest BCUT2D eigenvalue weighted by Gasteiger charge is -2.09. The minimum absolute atomic E-state index is 0.729. The number of nitrogens with zero attached hydrogens (tertiary/aromatic N) is 2. The molecule has 0 spiro atoms. The number of anilines is 2. The topological polar surface area (TPSA) is 37.8 Å². The first-order valence-electron chi connectivity index (χ1n) is 4.66. The summed E-state index contributed by atoms with van der Waals surface area (Å²) in [5, 5.41) is 3.92. The maximum Gasteiger partial charge on any atom is 0.134 e. The molecule has 3 nitrogen and oxygen atoms in total. The van der Waals surface area contributed by atoms with E-state index in [2.05, 4.69) is 31.2 Å². The van der Waals surface area contributed by atoms with Crippen LogP contribution in [0.15, 0.2) is 35.2 Å². The van der Waals surface area contributed by atoms with E-state index in [1.807, 2.05) is 25.1 Å². The van der Waals surface area contributed by atoms with Crippen molar-refractivity contribution in [2.45, 2.75) is 6.92 Å². The third-order valence-corrected chi connectivity index (χ3v) is 3.01. The smallest absolute Gasteiger partial charge is 0.134 e. The molecule has 82 valence electrons. The summed E-state index contributed by atoms with van der Waals surface area (Å²) in [5.74, 6) is 0.729. The first kappa shape index (κ1) is 11.4. The third-order valence-electron chi connectivity index (χ3n) is 2.16. The molecule has 2 aromatic rings. The van der Waals surface area contributed by atoms with Gasteiger partial charge in [0.05, 0.1) is 0 Å². The van der Waals surface area contributed by atoms with Crippen LogP contribution in [0.2, 0.25) is 5.02 Å². The number of nitrogens with one attached hydrogen (secondary N) is 1. The summed E-state index contributed by atoms with van der Waals surface area (Å²) in [6.07, 6.45) is 1.49. The van der Waals surface area contributed by atoms with E-state index in [1.54, 1.807) is 6.07 Å². The first-order chi connectivity index (χ1) is 7.66. The zero-order valence-electron chi connectivity index (χ0n) is 8.54. The molecular weight excluding hydrogens is 289 g/mol. The molecule has 1 aromatic heterocycles. The van der Waals surface area contributed by atoms with Gasteiger partial charge < -0.3 is 5.32 Å². The Morgan fingerprint density at radius 3 is 2.88 bits per heavy atom. The Bertz CT molecular complexity index is 516. The summed E-state index contributed by atoms with van der Waals surface area (Å²) in [5.41, 5.74) is 1.94. The summed E-state index contributed by atoms with van der Waals surface area (Å²) in [7, 11) is 0. The van der Waals surface area contributed by atoms with Crippen LogP contribution in [0.1, 0.15) is 5.56 Å². The van der Waals surface area contributed by atoms with Gasteiger partial charge in [-0.25, -0.2) is 9.97 Å². The van der Waals surface area contributed by atoms with Crippen molar-refractivity contribution in [3.8, 4) is 0 Å². The molecule has 0 amide bonds. The number of hydrogen-bond acceptors (Lipinski definition) is 3. The zero-order valence-corrected chi connectivity index (χ0v) is 10.9. The minimum atomic E-state index is 0.729. The van der Waals surface area contributed by atoms with Crippen molar-refractivity contribution in [2.24, 2.45) is 0 Å². The van der Waals surface area contributed by atoms with Gasteiger partial charge in [-0.1, -0.05) is 17.7 Å². The summed E-state index contributed by atoms with van der Waals surface area (Å²) >= 11 is 9.32. The van der Waals surface area contributed by atoms with Crippen molar-refractivity contribution < 1.29 is 0 Å². The van der Waals surface area contributed by atoms with Gasteiger partial charge in [0.2, 0.25) is 0 Å². The highest BCUT2D eigenvalue weighted by atomic mass is 79.9. The molecule has 0 saturated carbocycles. The van der Waals surface area contributed by atoms with E-state index in [0.29, 0.717) is 0 Å². The maximum absolute atomic E-state index is 6.03. The third kappa shape index (κ3) is 2.51. The van der Waals surface area contributed by atoms with Gasteiger partial charge >= 0.3 is 0 Å². The lowest BCUT2D eigenvalue weighted by molar-refractivity contribution is 1.14. The van der Waals surface area contributed by atoms with E-state index >= 15 is 0 Å². The fraction of sp³-hybridized carbons (Fsp3) is 0.0909. The normalized spacial score (nSPS) is 10.2. The molecular formula is C11H9BrClN3. The summed E-state index contributed by atoms with van der Waals surface area (Å²) in [4.78, 5) is 8.07. The van der Waals surface area contributed by atoms with Crippen LogP contribution in [0.4, 0.5) is 11.5 Å². The summed E-state index contributed by atoms with van der Waals surface area (Å²) < 4.78 is 0.740. The number of benzene rings is 1. The Morgan fingerprint density at radius 2 is 2.12 bits per heavy atom. The standard InChI is InChI=1S/C11H9BrClN3/c1-7-8(13)3-2-4-9(7)16-11-5-10(12)14-6-15-11/h2-6H,1H3,(H,14,15,16). The van der Waals surface area contributed by atoms with Crippen LogP contribution >= 0.6 is 27.5 Å². The second-order valence-corrected chi connectivity index (χ2v) is 4.48. The molecule has 0 saturated heterocycles. The largest absolute Gasteiger partial charge is 0.340 e. The molecule has 2 rings (SSSR count). The van der Waals surface area contributed by atoms with Crippen molar-refractivity contribution in [1.29, 1.82) is 0 Å². The van der Waals surface area contributed by atoms with Crippen LogP contribution in [-0.4, -0.2) is 9.97 Å². The molecule has 0 aliphatic carbocycles. The number of hydrogen-bond donors (Lipinski definition) is 1. The molecule has 0 radical (unpaired) electrons. The molecule has 0 atom stereocenters. The Labute approximate surface area is 107 Å². The van der Waals surface area contributed by atoms with Gasteiger partial charge in [-0.3, -0.25) is 0 Å². The van der Waals surface area contributed by atoms with E-state index in [-0.39, 0.29) is 0 Å². The highest BCUT2D eigenvalue weighted by Gasteiger charge is 2.03. The Morgan fingerprint density at radius 1 is 1.31 bits per heavy atom. The lowest BCUT2D eigenvalue weighted by atomic mass is 10.2. The molecule has 0 fully saturated rings. The predicted octanol–water partition coefficient (Wildman–Crippen LogP) is 3.94. The quantitative estimate of drug-likeness (QED) is 0.853. The molecule has 1 aromatic carbocycles. The van der Waals surface area contributed by atoms with E-state index in [9.17, 15) is 0 Å². The van der Waals surface area contributed by atoms with Gasteiger partial charge in [-0.2, -0.15) is 0 Å². The van der Waals surface area contributed by atoms with Gasteiger partial charge in [0.25, 0.3) is 0 Å². The van der Waals surface area contributed by atoms with E-state index < -0.39 is 0 Å². The molecule has 5 heteroatoms. The fourth-order valence-electron chi connectivity index (χ4n) is 1.28. The highest BCUT2D eigenvalue weighted by Crippen LogP contribution is 2.25. The average Bonchev–Trinajstić information content (AvgIpc) is 2.25. The monoisotopic (exact) mass is 297 g/mol. The van der Waals surface area contributed by atoms with Crippen LogP contribution in [0.3, 0.4) is 0 Å². The highest BCUT2D eigenvalue weighted by molar-refractivity contribution is 9.10. The fourth-order valence-corrected chi connectivity index (χ4v) is 1.77. The van der Waals surface area contributed by atoms with Gasteiger partial charge in [0.15, 0.2) is 0 Å². The second-order valence-electron chi connectivity index (χ2n) is 3.26. The second kappa shape index (κ2) is 4.80. The Hall–Kier alpha value is -1.13. The summed E-state index contributed by atoms with van der Waals surface area (Å²) in [6.45, 7) is 1.96. The minimum Gasteiger partial charge on any atom is -0.340 e. The predicted molar refractivity (Wildman–Crippen MR) is 69.2 cm³/mol. The van der Waals surface area contributed by atoms with Crippen molar-refractivity contribution in [2.75, 3.05) is 5.32 Å². The average molecular weight is 299 g/mol. The molecule has 1 heterocycles. The first-order valence-corrected chi connectivity index (χ1v) is 5.83. The molecule has 0 aliphatic rings. The molecule has 1 N–H and O–H groups in total. The Kier molecular flexibility index (Phi) is 3.41. The van der Waals surface area contributed by atoms with Gasteiger partial charge in [0, 0.05) is 16.8 Å². The van der Waals surface area contributed by atoms with Gasteiger partial charge in [-0.05, 0) is 40.5 Å². The molecule has 0 bridgehead atoms. The van der Waals surface area contributed by atoms with Crippen LogP contribution in [0, 0.1) is 6.92 Å². The van der Waals surface area contributed by atoms with Crippen molar-refractivity contribution in [3.05, 3.63) is 45.8 Å².